The van der Waals surface area contributed by atoms with E-state index in [1.807, 2.05) is 18.2 Å². The third-order valence-electron chi connectivity index (χ3n) is 5.62. The summed E-state index contributed by atoms with van der Waals surface area (Å²) in [5.41, 5.74) is 1.73. The van der Waals surface area contributed by atoms with Crippen molar-refractivity contribution in [3.63, 3.8) is 0 Å². The van der Waals surface area contributed by atoms with Crippen LogP contribution >= 0.6 is 0 Å². The zero-order valence-corrected chi connectivity index (χ0v) is 18.7. The van der Waals surface area contributed by atoms with Gasteiger partial charge in [-0.1, -0.05) is 18.2 Å². The lowest BCUT2D eigenvalue weighted by Gasteiger charge is -2.35. The number of halogens is 1. The SMILES string of the molecule is CS(=O)(=O)N(CC(=O)N1CCN(Cc2ccc3c(c2)OCO3)CC1)Cc1ccc(F)cc1. The fourth-order valence-electron chi connectivity index (χ4n) is 3.79. The highest BCUT2D eigenvalue weighted by Crippen LogP contribution is 2.32. The molecule has 0 atom stereocenters. The molecule has 2 aromatic rings. The molecule has 10 heteroatoms. The Morgan fingerprint density at radius 2 is 1.66 bits per heavy atom. The van der Waals surface area contributed by atoms with Crippen molar-refractivity contribution < 1.29 is 27.1 Å². The van der Waals surface area contributed by atoms with Gasteiger partial charge in [0.2, 0.25) is 22.7 Å². The van der Waals surface area contributed by atoms with Gasteiger partial charge in [0.25, 0.3) is 0 Å². The summed E-state index contributed by atoms with van der Waals surface area (Å²) < 4.78 is 49.4. The number of carbonyl (C=O) groups is 1. The van der Waals surface area contributed by atoms with Crippen LogP contribution in [0.25, 0.3) is 0 Å². The van der Waals surface area contributed by atoms with Crippen LogP contribution in [0.4, 0.5) is 4.39 Å². The van der Waals surface area contributed by atoms with E-state index >= 15 is 0 Å². The van der Waals surface area contributed by atoms with Gasteiger partial charge in [0.1, 0.15) is 5.82 Å². The first-order chi connectivity index (χ1) is 15.3. The summed E-state index contributed by atoms with van der Waals surface area (Å²) in [4.78, 5) is 16.7. The van der Waals surface area contributed by atoms with Crippen LogP contribution in [0.5, 0.6) is 11.5 Å². The predicted molar refractivity (Wildman–Crippen MR) is 116 cm³/mol. The number of fused-ring (bicyclic) bond motifs is 1. The molecule has 172 valence electrons. The third kappa shape index (κ3) is 5.56. The summed E-state index contributed by atoms with van der Waals surface area (Å²) in [6.07, 6.45) is 1.08. The van der Waals surface area contributed by atoms with Crippen molar-refractivity contribution in [3.8, 4) is 11.5 Å². The molecule has 0 radical (unpaired) electrons. The lowest BCUT2D eigenvalue weighted by Crippen LogP contribution is -2.51. The number of benzene rings is 2. The molecule has 1 fully saturated rings. The smallest absolute Gasteiger partial charge is 0.237 e. The van der Waals surface area contributed by atoms with Gasteiger partial charge in [0, 0.05) is 39.3 Å². The van der Waals surface area contributed by atoms with Crippen molar-refractivity contribution in [1.29, 1.82) is 0 Å². The van der Waals surface area contributed by atoms with Crippen LogP contribution in [0, 0.1) is 5.82 Å². The van der Waals surface area contributed by atoms with Gasteiger partial charge in [0.05, 0.1) is 12.8 Å². The second-order valence-corrected chi connectivity index (χ2v) is 9.98. The first-order valence-corrected chi connectivity index (χ1v) is 12.2. The minimum atomic E-state index is -3.60. The van der Waals surface area contributed by atoms with Crippen LogP contribution in [0.2, 0.25) is 0 Å². The van der Waals surface area contributed by atoms with Crippen LogP contribution in [0.15, 0.2) is 42.5 Å². The van der Waals surface area contributed by atoms with Gasteiger partial charge in [-0.25, -0.2) is 12.8 Å². The maximum Gasteiger partial charge on any atom is 0.237 e. The van der Waals surface area contributed by atoms with Crippen LogP contribution in [0.3, 0.4) is 0 Å². The minimum absolute atomic E-state index is 0.0228. The molecule has 0 aliphatic carbocycles. The number of carbonyl (C=O) groups excluding carboxylic acids is 1. The molecular formula is C22H26FN3O5S. The summed E-state index contributed by atoms with van der Waals surface area (Å²) in [6.45, 7) is 3.19. The maximum atomic E-state index is 13.1. The Bertz CT molecular complexity index is 1070. The van der Waals surface area contributed by atoms with Crippen molar-refractivity contribution >= 4 is 15.9 Å². The van der Waals surface area contributed by atoms with E-state index in [2.05, 4.69) is 4.90 Å². The van der Waals surface area contributed by atoms with E-state index in [0.717, 1.165) is 34.2 Å². The Labute approximate surface area is 187 Å². The van der Waals surface area contributed by atoms with E-state index < -0.39 is 15.8 Å². The Morgan fingerprint density at radius 3 is 2.34 bits per heavy atom. The highest BCUT2D eigenvalue weighted by Gasteiger charge is 2.26. The molecule has 8 nitrogen and oxygen atoms in total. The number of ether oxygens (including phenoxy) is 2. The zero-order valence-electron chi connectivity index (χ0n) is 17.9. The molecule has 2 aromatic carbocycles. The van der Waals surface area contributed by atoms with Crippen molar-refractivity contribution in [2.75, 3.05) is 45.8 Å². The second kappa shape index (κ2) is 9.43. The Morgan fingerprint density at radius 1 is 1.00 bits per heavy atom. The average Bonchev–Trinajstić information content (AvgIpc) is 3.22. The Hall–Kier alpha value is -2.69. The molecule has 2 heterocycles. The van der Waals surface area contributed by atoms with E-state index in [0.29, 0.717) is 31.7 Å². The van der Waals surface area contributed by atoms with Gasteiger partial charge >= 0.3 is 0 Å². The maximum absolute atomic E-state index is 13.1. The zero-order chi connectivity index (χ0) is 22.7. The first-order valence-electron chi connectivity index (χ1n) is 10.4. The number of hydrogen-bond acceptors (Lipinski definition) is 6. The number of sulfonamides is 1. The molecule has 1 amide bonds. The van der Waals surface area contributed by atoms with Crippen LogP contribution in [-0.4, -0.2) is 74.2 Å². The normalized spacial score (nSPS) is 16.5. The first kappa shape index (κ1) is 22.5. The van der Waals surface area contributed by atoms with Gasteiger partial charge < -0.3 is 14.4 Å². The van der Waals surface area contributed by atoms with Crippen LogP contribution < -0.4 is 9.47 Å². The number of nitrogens with zero attached hydrogens (tertiary/aromatic N) is 3. The van der Waals surface area contributed by atoms with Crippen LogP contribution in [-0.2, 0) is 27.9 Å². The summed E-state index contributed by atoms with van der Waals surface area (Å²) in [5.74, 6) is 0.869. The van der Waals surface area contributed by atoms with E-state index in [9.17, 15) is 17.6 Å². The third-order valence-corrected chi connectivity index (χ3v) is 6.82. The Kier molecular flexibility index (Phi) is 6.63. The quantitative estimate of drug-likeness (QED) is 0.622. The van der Waals surface area contributed by atoms with E-state index in [4.69, 9.17) is 9.47 Å². The summed E-state index contributed by atoms with van der Waals surface area (Å²) in [5, 5.41) is 0. The van der Waals surface area contributed by atoms with Gasteiger partial charge in [-0.15, -0.1) is 0 Å². The molecule has 0 saturated carbocycles. The highest BCUT2D eigenvalue weighted by molar-refractivity contribution is 7.88. The molecule has 32 heavy (non-hydrogen) atoms. The standard InChI is InChI=1S/C22H26FN3O5S/c1-32(28,29)26(14-17-2-5-19(23)6-3-17)15-22(27)25-10-8-24(9-11-25)13-18-4-7-20-21(12-18)31-16-30-20/h2-7,12H,8-11,13-16H2,1H3. The lowest BCUT2D eigenvalue weighted by atomic mass is 10.1. The van der Waals surface area contributed by atoms with Crippen molar-refractivity contribution in [2.24, 2.45) is 0 Å². The second-order valence-electron chi connectivity index (χ2n) is 8.00. The van der Waals surface area contributed by atoms with Crippen molar-refractivity contribution in [1.82, 2.24) is 14.1 Å². The average molecular weight is 464 g/mol. The van der Waals surface area contributed by atoms with Crippen LogP contribution in [0.1, 0.15) is 11.1 Å². The van der Waals surface area contributed by atoms with Crippen molar-refractivity contribution in [2.45, 2.75) is 13.1 Å². The number of piperazine rings is 1. The van der Waals surface area contributed by atoms with Gasteiger partial charge in [-0.2, -0.15) is 4.31 Å². The number of rotatable bonds is 7. The molecule has 4 rings (SSSR count). The summed E-state index contributed by atoms with van der Waals surface area (Å²) in [6, 6.07) is 11.5. The van der Waals surface area contributed by atoms with Gasteiger partial charge in [0.15, 0.2) is 11.5 Å². The molecule has 0 aromatic heterocycles. The fraction of sp³-hybridized carbons (Fsp3) is 0.409. The lowest BCUT2D eigenvalue weighted by molar-refractivity contribution is -0.133. The molecule has 0 unspecified atom stereocenters. The van der Waals surface area contributed by atoms with Gasteiger partial charge in [-0.3, -0.25) is 9.69 Å². The predicted octanol–water partition coefficient (Wildman–Crippen LogP) is 1.66. The number of amides is 1. The fourth-order valence-corrected chi connectivity index (χ4v) is 4.52. The molecule has 0 spiro atoms. The summed E-state index contributed by atoms with van der Waals surface area (Å²) in [7, 11) is -3.60. The summed E-state index contributed by atoms with van der Waals surface area (Å²) >= 11 is 0. The van der Waals surface area contributed by atoms with E-state index in [1.165, 1.54) is 24.3 Å². The Balaban J connectivity index is 1.31. The van der Waals surface area contributed by atoms with Crippen molar-refractivity contribution in [3.05, 3.63) is 59.4 Å². The number of hydrogen-bond donors (Lipinski definition) is 0. The van der Waals surface area contributed by atoms with E-state index in [1.54, 1.807) is 4.90 Å². The molecule has 0 bridgehead atoms. The molecule has 0 N–H and O–H groups in total. The van der Waals surface area contributed by atoms with Gasteiger partial charge in [-0.05, 0) is 35.4 Å². The largest absolute Gasteiger partial charge is 0.454 e. The van der Waals surface area contributed by atoms with E-state index in [-0.39, 0.29) is 25.8 Å². The molecule has 2 aliphatic heterocycles. The highest BCUT2D eigenvalue weighted by atomic mass is 32.2. The minimum Gasteiger partial charge on any atom is -0.454 e. The monoisotopic (exact) mass is 463 g/mol. The molecule has 2 aliphatic rings. The molecule has 1 saturated heterocycles. The molecular weight excluding hydrogens is 437 g/mol. The topological polar surface area (TPSA) is 79.4 Å².